The van der Waals surface area contributed by atoms with E-state index in [1.165, 1.54) is 44.1 Å². The molecule has 2 amide bonds. The summed E-state index contributed by atoms with van der Waals surface area (Å²) < 4.78 is 0. The topological polar surface area (TPSA) is 63.4 Å². The Balaban J connectivity index is 1.76. The van der Waals surface area contributed by atoms with Gasteiger partial charge in [-0.25, -0.2) is 0 Å². The number of nitrogens with zero attached hydrogens (tertiary/aromatic N) is 1. The molecule has 4 nitrogen and oxygen atoms in total. The van der Waals surface area contributed by atoms with Crippen molar-refractivity contribution in [1.29, 1.82) is 0 Å². The van der Waals surface area contributed by atoms with E-state index < -0.39 is 11.3 Å². The van der Waals surface area contributed by atoms with Crippen LogP contribution < -0.4 is 10.6 Å². The molecular formula is C25H32N2O2. The van der Waals surface area contributed by atoms with E-state index in [0.717, 1.165) is 23.4 Å². The van der Waals surface area contributed by atoms with Crippen LogP contribution in [0.15, 0.2) is 42.5 Å². The van der Waals surface area contributed by atoms with Gasteiger partial charge in [-0.1, -0.05) is 57.2 Å². The number of hydrogen-bond acceptors (Lipinski definition) is 2. The van der Waals surface area contributed by atoms with Gasteiger partial charge in [-0.2, -0.15) is 0 Å². The third-order valence-electron chi connectivity index (χ3n) is 5.95. The Hall–Kier alpha value is -2.62. The first-order valence-electron chi connectivity index (χ1n) is 10.7. The lowest BCUT2D eigenvalue weighted by molar-refractivity contribution is -0.121. The lowest BCUT2D eigenvalue weighted by Crippen LogP contribution is -2.33. The normalized spacial score (nSPS) is 14.9. The highest BCUT2D eigenvalue weighted by Crippen LogP contribution is 2.45. The van der Waals surface area contributed by atoms with Gasteiger partial charge in [0.15, 0.2) is 0 Å². The fraction of sp³-hybridized carbons (Fsp3) is 0.440. The fourth-order valence-corrected chi connectivity index (χ4v) is 4.08. The first-order valence-corrected chi connectivity index (χ1v) is 10.7. The van der Waals surface area contributed by atoms with Crippen molar-refractivity contribution in [3.05, 3.63) is 59.2 Å². The maximum atomic E-state index is 13.2. The number of amides is 2. The molecule has 154 valence electrons. The molecule has 1 aliphatic rings. The maximum absolute atomic E-state index is 13.2. The second-order valence-electron chi connectivity index (χ2n) is 8.55. The summed E-state index contributed by atoms with van der Waals surface area (Å²) >= 11 is 0. The molecule has 0 saturated carbocycles. The lowest BCUT2D eigenvalue weighted by Gasteiger charge is -2.21. The monoisotopic (exact) mass is 392 g/mol. The van der Waals surface area contributed by atoms with Crippen LogP contribution in [0.2, 0.25) is 0 Å². The summed E-state index contributed by atoms with van der Waals surface area (Å²) in [4.78, 5) is 26.5. The van der Waals surface area contributed by atoms with Crippen LogP contribution in [0.5, 0.6) is 0 Å². The van der Waals surface area contributed by atoms with E-state index in [1.807, 2.05) is 32.0 Å². The van der Waals surface area contributed by atoms with Gasteiger partial charge in [0.2, 0.25) is 11.8 Å². The Morgan fingerprint density at radius 3 is 2.28 bits per heavy atom. The molecule has 0 unspecified atom stereocenters. The van der Waals surface area contributed by atoms with Crippen molar-refractivity contribution in [1.82, 2.24) is 0 Å². The third kappa shape index (κ3) is 4.36. The van der Waals surface area contributed by atoms with E-state index >= 15 is 0 Å². The minimum Gasteiger partial charge on any atom is -0.366 e. The van der Waals surface area contributed by atoms with Gasteiger partial charge < -0.3 is 5.73 Å². The van der Waals surface area contributed by atoms with Crippen molar-refractivity contribution in [3.8, 4) is 0 Å². The van der Waals surface area contributed by atoms with Gasteiger partial charge in [-0.05, 0) is 62.1 Å². The average Bonchev–Trinajstić information content (AvgIpc) is 2.90. The molecule has 1 aliphatic heterocycles. The molecule has 2 aromatic carbocycles. The quantitative estimate of drug-likeness (QED) is 0.561. The fourth-order valence-electron chi connectivity index (χ4n) is 4.08. The van der Waals surface area contributed by atoms with Crippen molar-refractivity contribution in [2.24, 2.45) is 5.73 Å². The number of carbonyl (C=O) groups is 2. The van der Waals surface area contributed by atoms with Crippen LogP contribution >= 0.6 is 0 Å². The molecular weight excluding hydrogens is 360 g/mol. The number of rotatable bonds is 9. The number of aryl methyl sites for hydroxylation is 1. The average molecular weight is 393 g/mol. The van der Waals surface area contributed by atoms with Crippen LogP contribution in [0.25, 0.3) is 0 Å². The number of hydrogen-bond donors (Lipinski definition) is 1. The smallest absolute Gasteiger partial charge is 0.248 e. The van der Waals surface area contributed by atoms with Gasteiger partial charge in [-0.15, -0.1) is 0 Å². The van der Waals surface area contributed by atoms with Crippen molar-refractivity contribution >= 4 is 23.2 Å². The number of unbranched alkanes of at least 4 members (excludes halogenated alkanes) is 5. The largest absolute Gasteiger partial charge is 0.366 e. The Kier molecular flexibility index (Phi) is 6.41. The first kappa shape index (κ1) is 21.1. The molecule has 2 N–H and O–H groups in total. The van der Waals surface area contributed by atoms with Crippen LogP contribution in [0.4, 0.5) is 11.4 Å². The molecule has 29 heavy (non-hydrogen) atoms. The lowest BCUT2D eigenvalue weighted by atomic mass is 9.86. The molecule has 0 saturated heterocycles. The molecule has 1 heterocycles. The number of primary amides is 1. The number of carbonyl (C=O) groups excluding carboxylic acids is 2. The van der Waals surface area contributed by atoms with E-state index in [4.69, 9.17) is 5.73 Å². The number of anilines is 2. The zero-order valence-electron chi connectivity index (χ0n) is 17.8. The maximum Gasteiger partial charge on any atom is 0.248 e. The van der Waals surface area contributed by atoms with Crippen molar-refractivity contribution in [2.45, 2.75) is 71.1 Å². The van der Waals surface area contributed by atoms with Gasteiger partial charge in [0.1, 0.15) is 0 Å². The van der Waals surface area contributed by atoms with Crippen molar-refractivity contribution in [3.63, 3.8) is 0 Å². The van der Waals surface area contributed by atoms with Crippen LogP contribution in [0, 0.1) is 0 Å². The van der Waals surface area contributed by atoms with Crippen molar-refractivity contribution in [2.75, 3.05) is 4.90 Å². The van der Waals surface area contributed by atoms with E-state index in [2.05, 4.69) is 19.1 Å². The van der Waals surface area contributed by atoms with Crippen LogP contribution in [-0.2, 0) is 16.6 Å². The summed E-state index contributed by atoms with van der Waals surface area (Å²) in [6.07, 6.45) is 8.77. The van der Waals surface area contributed by atoms with Crippen LogP contribution in [0.3, 0.4) is 0 Å². The summed E-state index contributed by atoms with van der Waals surface area (Å²) in [7, 11) is 0. The van der Waals surface area contributed by atoms with Crippen molar-refractivity contribution < 1.29 is 9.59 Å². The van der Waals surface area contributed by atoms with Crippen LogP contribution in [-0.4, -0.2) is 11.8 Å². The minimum absolute atomic E-state index is 0.0118. The first-order chi connectivity index (χ1) is 13.9. The summed E-state index contributed by atoms with van der Waals surface area (Å²) in [6.45, 7) is 6.08. The van der Waals surface area contributed by atoms with Gasteiger partial charge in [-0.3, -0.25) is 14.5 Å². The number of nitrogens with two attached hydrogens (primary N) is 1. The molecule has 0 fully saturated rings. The Morgan fingerprint density at radius 1 is 0.966 bits per heavy atom. The number of fused-ring (bicyclic) bond motifs is 1. The Bertz CT molecular complexity index is 884. The standard InChI is InChI=1S/C25H32N2O2/c1-4-5-6-7-8-9-10-18-11-14-20(15-12-18)27-22-17-19(23(26)28)13-16-21(22)25(2,3)24(27)29/h11-17H,4-10H2,1-3H3,(H2,26,28). The summed E-state index contributed by atoms with van der Waals surface area (Å²) in [6, 6.07) is 13.5. The van der Waals surface area contributed by atoms with Gasteiger partial charge in [0.25, 0.3) is 0 Å². The van der Waals surface area contributed by atoms with Gasteiger partial charge in [0, 0.05) is 11.3 Å². The molecule has 0 aliphatic carbocycles. The summed E-state index contributed by atoms with van der Waals surface area (Å²) in [5, 5.41) is 0. The highest BCUT2D eigenvalue weighted by Gasteiger charge is 2.44. The molecule has 4 heteroatoms. The highest BCUT2D eigenvalue weighted by atomic mass is 16.2. The van der Waals surface area contributed by atoms with E-state index in [0.29, 0.717) is 5.56 Å². The van der Waals surface area contributed by atoms with Gasteiger partial charge >= 0.3 is 0 Å². The summed E-state index contributed by atoms with van der Waals surface area (Å²) in [5.41, 5.74) is 9.03. The summed E-state index contributed by atoms with van der Waals surface area (Å²) in [5.74, 6) is -0.475. The predicted octanol–water partition coefficient (Wildman–Crippen LogP) is 5.64. The minimum atomic E-state index is -0.636. The third-order valence-corrected chi connectivity index (χ3v) is 5.95. The molecule has 0 spiro atoms. The molecule has 2 aromatic rings. The SMILES string of the molecule is CCCCCCCCc1ccc(N2C(=O)C(C)(C)c3ccc(C(N)=O)cc32)cc1. The molecule has 3 rings (SSSR count). The zero-order valence-corrected chi connectivity index (χ0v) is 17.8. The highest BCUT2D eigenvalue weighted by molar-refractivity contribution is 6.13. The van der Waals surface area contributed by atoms with E-state index in [9.17, 15) is 9.59 Å². The Labute approximate surface area is 174 Å². The molecule has 0 radical (unpaired) electrons. The van der Waals surface area contributed by atoms with E-state index in [-0.39, 0.29) is 5.91 Å². The van der Waals surface area contributed by atoms with E-state index in [1.54, 1.807) is 17.0 Å². The zero-order chi connectivity index (χ0) is 21.0. The predicted molar refractivity (Wildman–Crippen MR) is 119 cm³/mol. The molecule has 0 atom stereocenters. The van der Waals surface area contributed by atoms with Gasteiger partial charge in [0.05, 0.1) is 11.1 Å². The second-order valence-corrected chi connectivity index (χ2v) is 8.55. The second kappa shape index (κ2) is 8.81. The van der Waals surface area contributed by atoms with Crippen LogP contribution in [0.1, 0.15) is 80.8 Å². The molecule has 0 bridgehead atoms. The number of benzene rings is 2. The molecule has 0 aromatic heterocycles. The Morgan fingerprint density at radius 2 is 1.62 bits per heavy atom.